The number of benzene rings is 2. The molecule has 4 atom stereocenters. The first kappa shape index (κ1) is 25.8. The number of thioether (sulfide) groups is 1. The van der Waals surface area contributed by atoms with Gasteiger partial charge in [0.15, 0.2) is 0 Å². The van der Waals surface area contributed by atoms with Crippen molar-refractivity contribution in [3.63, 3.8) is 0 Å². The Kier molecular flexibility index (Phi) is 7.42. The Bertz CT molecular complexity index is 1280. The molecule has 10 heteroatoms. The number of nitrogens with zero attached hydrogens (tertiary/aromatic N) is 1. The number of amides is 2. The van der Waals surface area contributed by atoms with E-state index in [-0.39, 0.29) is 54.3 Å². The van der Waals surface area contributed by atoms with E-state index < -0.39 is 17.4 Å². The molecule has 0 unspecified atom stereocenters. The molecule has 1 aliphatic carbocycles. The summed E-state index contributed by atoms with van der Waals surface area (Å²) in [5.74, 6) is -0.845. The Morgan fingerprint density at radius 3 is 2.45 bits per heavy atom. The van der Waals surface area contributed by atoms with Crippen LogP contribution < -0.4 is 10.1 Å². The molecule has 5 rings (SSSR count). The minimum atomic E-state index is -0.753. The third-order valence-corrected chi connectivity index (χ3v) is 8.60. The second-order valence-electron chi connectivity index (χ2n) is 9.43. The zero-order valence-electron chi connectivity index (χ0n) is 21.0. The van der Waals surface area contributed by atoms with E-state index in [1.807, 2.05) is 30.3 Å². The summed E-state index contributed by atoms with van der Waals surface area (Å²) < 4.78 is 16.0. The van der Waals surface area contributed by atoms with E-state index in [1.54, 1.807) is 31.4 Å². The lowest BCUT2D eigenvalue weighted by atomic mass is 9.77. The molecule has 0 aromatic heterocycles. The number of ether oxygens (including phenoxy) is 3. The van der Waals surface area contributed by atoms with Crippen LogP contribution in [0.1, 0.15) is 24.5 Å². The maximum atomic E-state index is 13.3. The molecule has 2 amide bonds. The molecule has 2 aliphatic heterocycles. The summed E-state index contributed by atoms with van der Waals surface area (Å²) in [5.41, 5.74) is 2.68. The molecule has 0 radical (unpaired) electrons. The fourth-order valence-electron chi connectivity index (χ4n) is 4.88. The lowest BCUT2D eigenvalue weighted by Crippen LogP contribution is -2.72. The number of β-lactam (4-membered cyclic amide) rings is 1. The molecule has 198 valence electrons. The van der Waals surface area contributed by atoms with Crippen molar-refractivity contribution in [3.8, 4) is 5.75 Å². The summed E-state index contributed by atoms with van der Waals surface area (Å²) in [6.45, 7) is 1.63. The first-order valence-electron chi connectivity index (χ1n) is 12.3. The Labute approximate surface area is 224 Å². The van der Waals surface area contributed by atoms with Crippen molar-refractivity contribution < 1.29 is 33.4 Å². The van der Waals surface area contributed by atoms with Gasteiger partial charge < -0.3 is 19.5 Å². The third kappa shape index (κ3) is 5.13. The van der Waals surface area contributed by atoms with Crippen LogP contribution in [-0.2, 0) is 41.7 Å². The highest BCUT2D eigenvalue weighted by molar-refractivity contribution is 8.01. The molecule has 3 aliphatic rings. The molecule has 0 bridgehead atoms. The highest BCUT2D eigenvalue weighted by Gasteiger charge is 2.59. The van der Waals surface area contributed by atoms with Gasteiger partial charge in [-0.1, -0.05) is 42.5 Å². The monoisotopic (exact) mass is 536 g/mol. The molecular formula is C28H28N2O7S. The molecule has 2 heterocycles. The molecule has 1 saturated carbocycles. The van der Waals surface area contributed by atoms with Crippen LogP contribution in [0.3, 0.4) is 0 Å². The van der Waals surface area contributed by atoms with Crippen LogP contribution in [0, 0.1) is 5.92 Å². The predicted molar refractivity (Wildman–Crippen MR) is 139 cm³/mol. The Morgan fingerprint density at radius 2 is 1.76 bits per heavy atom. The molecule has 1 N–H and O–H groups in total. The number of hydrogen-bond donors (Lipinski definition) is 1. The minimum Gasteiger partial charge on any atom is -0.497 e. The number of fused-ring (bicyclic) bond motifs is 2. The zero-order valence-corrected chi connectivity index (χ0v) is 21.9. The van der Waals surface area contributed by atoms with Crippen LogP contribution in [-0.4, -0.2) is 59.0 Å². The number of methoxy groups -OCH3 is 1. The van der Waals surface area contributed by atoms with Gasteiger partial charge in [-0.25, -0.2) is 4.79 Å². The van der Waals surface area contributed by atoms with E-state index in [1.165, 1.54) is 23.6 Å². The minimum absolute atomic E-state index is 0.0156. The zero-order chi connectivity index (χ0) is 26.8. The second kappa shape index (κ2) is 10.9. The third-order valence-electron chi connectivity index (χ3n) is 6.87. The quantitative estimate of drug-likeness (QED) is 0.385. The number of carbonyl (C=O) groups excluding carboxylic acids is 4. The molecule has 2 fully saturated rings. The summed E-state index contributed by atoms with van der Waals surface area (Å²) >= 11 is 1.51. The molecule has 38 heavy (non-hydrogen) atoms. The van der Waals surface area contributed by atoms with E-state index >= 15 is 0 Å². The van der Waals surface area contributed by atoms with Gasteiger partial charge in [0.05, 0.1) is 20.1 Å². The Hall–Kier alpha value is -3.79. The predicted octanol–water partition coefficient (Wildman–Crippen LogP) is 2.59. The van der Waals surface area contributed by atoms with Gasteiger partial charge in [-0.2, -0.15) is 0 Å². The molecule has 9 nitrogen and oxygen atoms in total. The van der Waals surface area contributed by atoms with Gasteiger partial charge in [-0.3, -0.25) is 19.3 Å². The van der Waals surface area contributed by atoms with Gasteiger partial charge in [0.1, 0.15) is 29.5 Å². The van der Waals surface area contributed by atoms with Gasteiger partial charge in [0, 0.05) is 18.1 Å². The van der Waals surface area contributed by atoms with Crippen LogP contribution in [0.15, 0.2) is 65.9 Å². The van der Waals surface area contributed by atoms with Crippen LogP contribution in [0.2, 0.25) is 0 Å². The highest BCUT2D eigenvalue weighted by atomic mass is 32.2. The maximum absolute atomic E-state index is 13.3. The Balaban J connectivity index is 1.30. The van der Waals surface area contributed by atoms with Crippen molar-refractivity contribution in [3.05, 3.63) is 77.0 Å². The van der Waals surface area contributed by atoms with Crippen molar-refractivity contribution in [1.82, 2.24) is 10.2 Å². The van der Waals surface area contributed by atoms with E-state index in [4.69, 9.17) is 14.2 Å². The molecule has 2 aromatic carbocycles. The number of hydrogen-bond acceptors (Lipinski definition) is 8. The van der Waals surface area contributed by atoms with Crippen LogP contribution in [0.5, 0.6) is 5.75 Å². The van der Waals surface area contributed by atoms with Crippen molar-refractivity contribution in [2.75, 3.05) is 13.7 Å². The molecule has 0 spiro atoms. The SMILES string of the molecule is COc1ccc(COC(=O)C2=C3C[C@H](COC(C)=O)[C@@H]3S[C@@H]3[C@H](NC(=O)Cc4ccccc4)C(=O)N23)cc1. The fraction of sp³-hybridized carbons (Fsp3) is 0.357. The number of esters is 2. The largest absolute Gasteiger partial charge is 0.497 e. The van der Waals surface area contributed by atoms with E-state index in [9.17, 15) is 19.2 Å². The van der Waals surface area contributed by atoms with E-state index in [0.29, 0.717) is 12.2 Å². The first-order chi connectivity index (χ1) is 18.4. The smallest absolute Gasteiger partial charge is 0.355 e. The normalized spacial score (nSPS) is 23.3. The van der Waals surface area contributed by atoms with Gasteiger partial charge in [-0.05, 0) is 35.3 Å². The van der Waals surface area contributed by atoms with Crippen molar-refractivity contribution in [2.45, 2.75) is 43.0 Å². The molecule has 1 saturated heterocycles. The van der Waals surface area contributed by atoms with Crippen LogP contribution in [0.25, 0.3) is 0 Å². The molecule has 2 aromatic rings. The van der Waals surface area contributed by atoms with Crippen LogP contribution >= 0.6 is 11.8 Å². The number of nitrogens with one attached hydrogen (secondary N) is 1. The van der Waals surface area contributed by atoms with Gasteiger partial charge in [0.2, 0.25) is 5.91 Å². The lowest BCUT2D eigenvalue weighted by Gasteiger charge is -2.56. The molecular weight excluding hydrogens is 508 g/mol. The topological polar surface area (TPSA) is 111 Å². The highest BCUT2D eigenvalue weighted by Crippen LogP contribution is 2.54. The van der Waals surface area contributed by atoms with Crippen LogP contribution in [0.4, 0.5) is 0 Å². The second-order valence-corrected chi connectivity index (χ2v) is 10.7. The number of rotatable bonds is 9. The first-order valence-corrected chi connectivity index (χ1v) is 13.3. The van der Waals surface area contributed by atoms with Gasteiger partial charge >= 0.3 is 11.9 Å². The van der Waals surface area contributed by atoms with Crippen molar-refractivity contribution >= 4 is 35.5 Å². The fourth-order valence-corrected chi connectivity index (χ4v) is 6.62. The average molecular weight is 537 g/mol. The lowest BCUT2D eigenvalue weighted by molar-refractivity contribution is -0.154. The average Bonchev–Trinajstić information content (AvgIpc) is 2.91. The summed E-state index contributed by atoms with van der Waals surface area (Å²) in [7, 11) is 1.57. The van der Waals surface area contributed by atoms with Gasteiger partial charge in [-0.15, -0.1) is 11.8 Å². The van der Waals surface area contributed by atoms with Crippen molar-refractivity contribution in [2.24, 2.45) is 5.92 Å². The van der Waals surface area contributed by atoms with Gasteiger partial charge in [0.25, 0.3) is 5.91 Å². The maximum Gasteiger partial charge on any atom is 0.355 e. The van der Waals surface area contributed by atoms with E-state index in [0.717, 1.165) is 16.7 Å². The van der Waals surface area contributed by atoms with Crippen molar-refractivity contribution in [1.29, 1.82) is 0 Å². The Morgan fingerprint density at radius 1 is 1.03 bits per heavy atom. The van der Waals surface area contributed by atoms with E-state index in [2.05, 4.69) is 5.32 Å². The standard InChI is InChI=1S/C28H28N2O7S/c1-16(31)36-15-19-13-21-24(28(34)37-14-18-8-10-20(35-2)11-9-18)30-26(33)23(27(30)38-25(19)21)29-22(32)12-17-6-4-3-5-7-17/h3-11,19,23,25,27H,12-15H2,1-2H3,(H,29,32)/t19-,23-,25+,27-/m1/s1. The summed E-state index contributed by atoms with van der Waals surface area (Å²) in [5, 5.41) is 2.29. The summed E-state index contributed by atoms with van der Waals surface area (Å²) in [6, 6.07) is 15.7. The summed E-state index contributed by atoms with van der Waals surface area (Å²) in [4.78, 5) is 52.0. The number of carbonyl (C=O) groups is 4. The summed E-state index contributed by atoms with van der Waals surface area (Å²) in [6.07, 6.45) is 0.678.